The lowest BCUT2D eigenvalue weighted by Crippen LogP contribution is -2.29. The van der Waals surface area contributed by atoms with Gasteiger partial charge in [-0.3, -0.25) is 0 Å². The number of halogens is 1. The molecule has 2 N–H and O–H groups in total. The Morgan fingerprint density at radius 3 is 2.65 bits per heavy atom. The van der Waals surface area contributed by atoms with Gasteiger partial charge in [-0.05, 0) is 36.1 Å². The molecule has 0 bridgehead atoms. The van der Waals surface area contributed by atoms with Gasteiger partial charge in [0.25, 0.3) is 0 Å². The fraction of sp³-hybridized carbons (Fsp3) is 0.231. The zero-order valence-corrected chi connectivity index (χ0v) is 12.3. The summed E-state index contributed by atoms with van der Waals surface area (Å²) in [6, 6.07) is 6.96. The minimum absolute atomic E-state index is 0.196. The lowest BCUT2D eigenvalue weighted by molar-refractivity contribution is 0.185. The predicted octanol–water partition coefficient (Wildman–Crippen LogP) is 2.21. The van der Waals surface area contributed by atoms with E-state index in [-0.39, 0.29) is 6.54 Å². The molecule has 0 aliphatic rings. The first-order chi connectivity index (χ1) is 9.42. The molecule has 1 aromatic heterocycles. The Labute approximate surface area is 120 Å². The number of sulfonamides is 1. The van der Waals surface area contributed by atoms with Crippen molar-refractivity contribution in [3.05, 3.63) is 52.0 Å². The number of aryl methyl sites for hydroxylation is 1. The third-order valence-electron chi connectivity index (χ3n) is 2.80. The maximum atomic E-state index is 13.5. The van der Waals surface area contributed by atoms with Crippen LogP contribution in [0.25, 0.3) is 0 Å². The van der Waals surface area contributed by atoms with Crippen LogP contribution in [0.4, 0.5) is 4.39 Å². The van der Waals surface area contributed by atoms with Crippen molar-refractivity contribution >= 4 is 21.4 Å². The quantitative estimate of drug-likeness (QED) is 0.889. The van der Waals surface area contributed by atoms with Gasteiger partial charge in [-0.15, -0.1) is 11.3 Å². The molecule has 0 amide bonds. The summed E-state index contributed by atoms with van der Waals surface area (Å²) in [5, 5.41) is 11.8. The van der Waals surface area contributed by atoms with Crippen LogP contribution in [0, 0.1) is 12.7 Å². The van der Waals surface area contributed by atoms with E-state index in [1.807, 2.05) is 18.4 Å². The van der Waals surface area contributed by atoms with Crippen molar-refractivity contribution in [3.63, 3.8) is 0 Å². The molecule has 0 spiro atoms. The van der Waals surface area contributed by atoms with Crippen molar-refractivity contribution in [2.24, 2.45) is 0 Å². The van der Waals surface area contributed by atoms with Gasteiger partial charge in [0.1, 0.15) is 16.8 Å². The highest BCUT2D eigenvalue weighted by molar-refractivity contribution is 7.89. The Balaban J connectivity index is 2.11. The zero-order valence-electron chi connectivity index (χ0n) is 10.7. The summed E-state index contributed by atoms with van der Waals surface area (Å²) in [7, 11) is -3.97. The first-order valence-electron chi connectivity index (χ1n) is 5.88. The summed E-state index contributed by atoms with van der Waals surface area (Å²) < 4.78 is 39.6. The molecule has 0 saturated heterocycles. The van der Waals surface area contributed by atoms with Crippen molar-refractivity contribution in [3.8, 4) is 0 Å². The molecule has 1 atom stereocenters. The van der Waals surface area contributed by atoms with Crippen LogP contribution in [0.3, 0.4) is 0 Å². The summed E-state index contributed by atoms with van der Waals surface area (Å²) in [5.74, 6) is -0.818. The molecular formula is C13H14FNO3S2. The van der Waals surface area contributed by atoms with Crippen molar-refractivity contribution in [2.75, 3.05) is 6.54 Å². The molecule has 2 rings (SSSR count). The third kappa shape index (κ3) is 3.24. The highest BCUT2D eigenvalue weighted by atomic mass is 32.2. The zero-order chi connectivity index (χ0) is 14.8. The van der Waals surface area contributed by atoms with E-state index in [9.17, 15) is 17.9 Å². The maximum Gasteiger partial charge on any atom is 0.243 e. The standard InChI is InChI=1S/C13H14FNO3S2/c1-9-6-7-19-13(9)11(16)8-15-20(17,18)12-5-3-2-4-10(12)14/h2-7,11,15-16H,8H2,1H3. The van der Waals surface area contributed by atoms with E-state index < -0.39 is 26.8 Å². The van der Waals surface area contributed by atoms with Crippen LogP contribution in [0.5, 0.6) is 0 Å². The second kappa shape index (κ2) is 6.01. The van der Waals surface area contributed by atoms with E-state index in [0.717, 1.165) is 11.6 Å². The van der Waals surface area contributed by atoms with Crippen LogP contribution in [0.1, 0.15) is 16.5 Å². The topological polar surface area (TPSA) is 66.4 Å². The monoisotopic (exact) mass is 315 g/mol. The van der Waals surface area contributed by atoms with E-state index in [1.165, 1.54) is 29.5 Å². The Morgan fingerprint density at radius 2 is 2.05 bits per heavy atom. The molecule has 4 nitrogen and oxygen atoms in total. The van der Waals surface area contributed by atoms with E-state index in [2.05, 4.69) is 4.72 Å². The van der Waals surface area contributed by atoms with Gasteiger partial charge in [-0.1, -0.05) is 12.1 Å². The molecule has 2 aromatic rings. The summed E-state index contributed by atoms with van der Waals surface area (Å²) in [4.78, 5) is 0.274. The van der Waals surface area contributed by atoms with Gasteiger partial charge >= 0.3 is 0 Å². The van der Waals surface area contributed by atoms with Gasteiger partial charge in [0, 0.05) is 11.4 Å². The molecule has 20 heavy (non-hydrogen) atoms. The normalized spacial score (nSPS) is 13.3. The first kappa shape index (κ1) is 15.1. The molecule has 1 unspecified atom stereocenters. The number of aliphatic hydroxyl groups is 1. The smallest absolute Gasteiger partial charge is 0.243 e. The fourth-order valence-electron chi connectivity index (χ4n) is 1.75. The van der Waals surface area contributed by atoms with E-state index in [0.29, 0.717) is 4.88 Å². The molecule has 1 aromatic carbocycles. The molecule has 7 heteroatoms. The van der Waals surface area contributed by atoms with Crippen LogP contribution in [-0.2, 0) is 10.0 Å². The lowest BCUT2D eigenvalue weighted by Gasteiger charge is -2.12. The number of hydrogen-bond acceptors (Lipinski definition) is 4. The van der Waals surface area contributed by atoms with Crippen LogP contribution in [-0.4, -0.2) is 20.1 Å². The minimum atomic E-state index is -3.97. The second-order valence-corrected chi connectivity index (χ2v) is 6.95. The molecule has 0 saturated carbocycles. The van der Waals surface area contributed by atoms with Crippen molar-refractivity contribution in [1.29, 1.82) is 0 Å². The average molecular weight is 315 g/mol. The van der Waals surface area contributed by atoms with Crippen molar-refractivity contribution in [1.82, 2.24) is 4.72 Å². The first-order valence-corrected chi connectivity index (χ1v) is 8.24. The van der Waals surface area contributed by atoms with E-state index in [1.54, 1.807) is 0 Å². The van der Waals surface area contributed by atoms with Gasteiger partial charge in [0.15, 0.2) is 0 Å². The number of hydrogen-bond donors (Lipinski definition) is 2. The van der Waals surface area contributed by atoms with Crippen molar-refractivity contribution in [2.45, 2.75) is 17.9 Å². The van der Waals surface area contributed by atoms with Crippen LogP contribution in [0.2, 0.25) is 0 Å². The Morgan fingerprint density at radius 1 is 1.35 bits per heavy atom. The highest BCUT2D eigenvalue weighted by Crippen LogP contribution is 2.23. The maximum absolute atomic E-state index is 13.5. The molecule has 0 radical (unpaired) electrons. The lowest BCUT2D eigenvalue weighted by atomic mass is 10.2. The number of aliphatic hydroxyl groups excluding tert-OH is 1. The summed E-state index contributed by atoms with van der Waals surface area (Å²) in [5.41, 5.74) is 0.896. The second-order valence-electron chi connectivity index (χ2n) is 4.27. The summed E-state index contributed by atoms with van der Waals surface area (Å²) in [6.45, 7) is 1.64. The Bertz CT molecular complexity index is 697. The van der Waals surface area contributed by atoms with Crippen LogP contribution >= 0.6 is 11.3 Å². The van der Waals surface area contributed by atoms with Gasteiger partial charge in [-0.2, -0.15) is 0 Å². The van der Waals surface area contributed by atoms with Gasteiger partial charge < -0.3 is 5.11 Å². The molecule has 1 heterocycles. The predicted molar refractivity (Wildman–Crippen MR) is 75.6 cm³/mol. The minimum Gasteiger partial charge on any atom is -0.386 e. The largest absolute Gasteiger partial charge is 0.386 e. The molecule has 108 valence electrons. The number of thiophene rings is 1. The van der Waals surface area contributed by atoms with Gasteiger partial charge in [0.05, 0.1) is 0 Å². The average Bonchev–Trinajstić information content (AvgIpc) is 2.83. The van der Waals surface area contributed by atoms with Crippen LogP contribution < -0.4 is 4.72 Å². The Hall–Kier alpha value is -1.28. The number of nitrogens with one attached hydrogen (secondary N) is 1. The summed E-state index contributed by atoms with van der Waals surface area (Å²) in [6.07, 6.45) is -0.948. The van der Waals surface area contributed by atoms with E-state index in [4.69, 9.17) is 0 Å². The molecule has 0 aliphatic carbocycles. The van der Waals surface area contributed by atoms with E-state index >= 15 is 0 Å². The number of benzene rings is 1. The fourth-order valence-corrected chi connectivity index (χ4v) is 3.78. The highest BCUT2D eigenvalue weighted by Gasteiger charge is 2.20. The molecule has 0 aliphatic heterocycles. The van der Waals surface area contributed by atoms with Crippen LogP contribution in [0.15, 0.2) is 40.6 Å². The number of rotatable bonds is 5. The van der Waals surface area contributed by atoms with Gasteiger partial charge in [-0.25, -0.2) is 17.5 Å². The summed E-state index contributed by atoms with van der Waals surface area (Å²) >= 11 is 1.35. The molecule has 0 fully saturated rings. The SMILES string of the molecule is Cc1ccsc1C(O)CNS(=O)(=O)c1ccccc1F. The van der Waals surface area contributed by atoms with Crippen molar-refractivity contribution < 1.29 is 17.9 Å². The Kier molecular flexibility index (Phi) is 4.54. The van der Waals surface area contributed by atoms with Gasteiger partial charge in [0.2, 0.25) is 10.0 Å². The third-order valence-corrected chi connectivity index (χ3v) is 5.37. The molecular weight excluding hydrogens is 301 g/mol.